The number of nitrogens with zero attached hydrogens (tertiary/aromatic N) is 3. The Morgan fingerprint density at radius 1 is 1.58 bits per heavy atom. The number of nitrogen functional groups attached to an aromatic ring is 1. The zero-order valence-electron chi connectivity index (χ0n) is 11.3. The van der Waals surface area contributed by atoms with Crippen LogP contribution in [0, 0.1) is 0 Å². The molecule has 1 atom stereocenters. The number of halogens is 1. The molecule has 5 nitrogen and oxygen atoms in total. The quantitative estimate of drug-likeness (QED) is 0.912. The molecule has 1 amide bonds. The molecule has 1 fully saturated rings. The maximum atomic E-state index is 12.5. The lowest BCUT2D eigenvalue weighted by atomic mass is 10.2. The van der Waals surface area contributed by atoms with Gasteiger partial charge in [0.2, 0.25) is 0 Å². The molecule has 1 aromatic heterocycles. The van der Waals surface area contributed by atoms with Crippen molar-refractivity contribution in [2.24, 2.45) is 0 Å². The van der Waals surface area contributed by atoms with Crippen molar-refractivity contribution in [3.63, 3.8) is 0 Å². The van der Waals surface area contributed by atoms with Crippen LogP contribution in [0.25, 0.3) is 0 Å². The third-order valence-corrected chi connectivity index (χ3v) is 3.59. The first kappa shape index (κ1) is 14.1. The summed E-state index contributed by atoms with van der Waals surface area (Å²) in [7, 11) is 4.01. The van der Waals surface area contributed by atoms with E-state index in [0.29, 0.717) is 10.8 Å². The summed E-state index contributed by atoms with van der Waals surface area (Å²) in [5.74, 6) is 0.192. The van der Waals surface area contributed by atoms with Crippen LogP contribution in [0.15, 0.2) is 12.1 Å². The van der Waals surface area contributed by atoms with Gasteiger partial charge in [0.1, 0.15) is 11.5 Å². The highest BCUT2D eigenvalue weighted by atomic mass is 35.5. The number of rotatable bonds is 3. The smallest absolute Gasteiger partial charge is 0.274 e. The second-order valence-corrected chi connectivity index (χ2v) is 5.53. The van der Waals surface area contributed by atoms with E-state index in [1.807, 2.05) is 19.0 Å². The largest absolute Gasteiger partial charge is 0.384 e. The van der Waals surface area contributed by atoms with E-state index in [0.717, 1.165) is 25.9 Å². The summed E-state index contributed by atoms with van der Waals surface area (Å²) in [5, 5.41) is 0.356. The molecule has 1 aromatic rings. The topological polar surface area (TPSA) is 62.5 Å². The number of likely N-dealkylation sites (N-methyl/N-ethyl adjacent to an activating group) is 1. The fourth-order valence-electron chi connectivity index (χ4n) is 2.46. The van der Waals surface area contributed by atoms with Crippen molar-refractivity contribution in [3.8, 4) is 0 Å². The number of carbonyl (C=O) groups is 1. The fraction of sp³-hybridized carbons (Fsp3) is 0.538. The van der Waals surface area contributed by atoms with Crippen molar-refractivity contribution >= 4 is 23.3 Å². The number of hydrogen-bond donors (Lipinski definition) is 1. The lowest BCUT2D eigenvalue weighted by Gasteiger charge is -2.27. The Bertz CT molecular complexity index is 478. The highest BCUT2D eigenvalue weighted by Crippen LogP contribution is 2.23. The Morgan fingerprint density at radius 3 is 3.00 bits per heavy atom. The van der Waals surface area contributed by atoms with Crippen LogP contribution in [0.2, 0.25) is 5.02 Å². The van der Waals surface area contributed by atoms with E-state index in [1.165, 1.54) is 0 Å². The first-order valence-corrected chi connectivity index (χ1v) is 6.74. The highest BCUT2D eigenvalue weighted by molar-refractivity contribution is 6.33. The van der Waals surface area contributed by atoms with Gasteiger partial charge in [0, 0.05) is 19.1 Å². The van der Waals surface area contributed by atoms with E-state index in [1.54, 1.807) is 12.1 Å². The molecule has 0 radical (unpaired) electrons. The van der Waals surface area contributed by atoms with Crippen LogP contribution >= 0.6 is 11.6 Å². The fourth-order valence-corrected chi connectivity index (χ4v) is 2.64. The summed E-state index contributed by atoms with van der Waals surface area (Å²) in [6.07, 6.45) is 2.04. The van der Waals surface area contributed by atoms with Crippen LogP contribution in [-0.4, -0.2) is 53.9 Å². The molecule has 2 heterocycles. The van der Waals surface area contributed by atoms with Crippen molar-refractivity contribution in [2.45, 2.75) is 18.9 Å². The number of likely N-dealkylation sites (tertiary alicyclic amines) is 1. The molecule has 6 heteroatoms. The molecule has 1 aliphatic rings. The second-order valence-electron chi connectivity index (χ2n) is 5.12. The third-order valence-electron chi connectivity index (χ3n) is 3.28. The number of pyridine rings is 1. The summed E-state index contributed by atoms with van der Waals surface area (Å²) < 4.78 is 0. The van der Waals surface area contributed by atoms with Crippen molar-refractivity contribution in [1.29, 1.82) is 0 Å². The maximum absolute atomic E-state index is 12.5. The lowest BCUT2D eigenvalue weighted by molar-refractivity contribution is 0.0711. The summed E-state index contributed by atoms with van der Waals surface area (Å²) in [6, 6.07) is 3.44. The Hall–Kier alpha value is -1.33. The Kier molecular flexibility index (Phi) is 4.27. The minimum absolute atomic E-state index is 0.123. The Balaban J connectivity index is 2.20. The maximum Gasteiger partial charge on any atom is 0.274 e. The Morgan fingerprint density at radius 2 is 2.32 bits per heavy atom. The van der Waals surface area contributed by atoms with Crippen molar-refractivity contribution < 1.29 is 4.79 Å². The number of hydrogen-bond acceptors (Lipinski definition) is 4. The summed E-state index contributed by atoms with van der Waals surface area (Å²) >= 11 is 6.05. The molecule has 0 saturated carbocycles. The van der Waals surface area contributed by atoms with Crippen LogP contribution < -0.4 is 5.73 Å². The van der Waals surface area contributed by atoms with Gasteiger partial charge in [0.25, 0.3) is 5.91 Å². The SMILES string of the molecule is CN(C)CC1CCCN1C(=O)c1nc(N)ccc1Cl. The minimum Gasteiger partial charge on any atom is -0.384 e. The molecule has 2 rings (SSSR count). The molecule has 0 aromatic carbocycles. The lowest BCUT2D eigenvalue weighted by Crippen LogP contribution is -2.41. The Labute approximate surface area is 118 Å². The van der Waals surface area contributed by atoms with Gasteiger partial charge < -0.3 is 15.5 Å². The molecule has 1 saturated heterocycles. The first-order valence-electron chi connectivity index (χ1n) is 6.36. The van der Waals surface area contributed by atoms with Gasteiger partial charge in [-0.15, -0.1) is 0 Å². The molecule has 1 aliphatic heterocycles. The first-order chi connectivity index (χ1) is 8.99. The molecule has 0 spiro atoms. The van der Waals surface area contributed by atoms with Gasteiger partial charge >= 0.3 is 0 Å². The number of nitrogens with two attached hydrogens (primary N) is 1. The molecular weight excluding hydrogens is 264 g/mol. The van der Waals surface area contributed by atoms with Crippen molar-refractivity contribution in [3.05, 3.63) is 22.8 Å². The van der Waals surface area contributed by atoms with E-state index in [4.69, 9.17) is 17.3 Å². The van der Waals surface area contributed by atoms with Crippen molar-refractivity contribution in [1.82, 2.24) is 14.8 Å². The summed E-state index contributed by atoms with van der Waals surface area (Å²) in [6.45, 7) is 1.61. The number of amides is 1. The van der Waals surface area contributed by atoms with Crippen LogP contribution in [0.3, 0.4) is 0 Å². The monoisotopic (exact) mass is 282 g/mol. The molecule has 19 heavy (non-hydrogen) atoms. The molecule has 0 aliphatic carbocycles. The average molecular weight is 283 g/mol. The van der Waals surface area contributed by atoms with E-state index in [2.05, 4.69) is 9.88 Å². The van der Waals surface area contributed by atoms with E-state index in [9.17, 15) is 4.79 Å². The predicted octanol–water partition coefficient (Wildman–Crippen LogP) is 1.48. The normalized spacial score (nSPS) is 19.2. The van der Waals surface area contributed by atoms with Gasteiger partial charge in [0.05, 0.1) is 5.02 Å². The zero-order chi connectivity index (χ0) is 14.0. The van der Waals surface area contributed by atoms with Gasteiger partial charge in [-0.3, -0.25) is 4.79 Å². The van der Waals surface area contributed by atoms with Crippen LogP contribution in [0.5, 0.6) is 0 Å². The van der Waals surface area contributed by atoms with Gasteiger partial charge in [-0.25, -0.2) is 4.98 Å². The van der Waals surface area contributed by atoms with E-state index in [-0.39, 0.29) is 17.6 Å². The standard InChI is InChI=1S/C13H19ClN4O/c1-17(2)8-9-4-3-7-18(9)13(19)12-10(14)5-6-11(15)16-12/h5-6,9H,3-4,7-8H2,1-2H3,(H2,15,16). The number of carbonyl (C=O) groups excluding carboxylic acids is 1. The van der Waals surface area contributed by atoms with Gasteiger partial charge in [-0.1, -0.05) is 11.6 Å². The number of anilines is 1. The van der Waals surface area contributed by atoms with Gasteiger partial charge in [-0.05, 0) is 39.1 Å². The zero-order valence-corrected chi connectivity index (χ0v) is 12.0. The molecule has 2 N–H and O–H groups in total. The summed E-state index contributed by atoms with van der Waals surface area (Å²) in [4.78, 5) is 20.5. The molecule has 0 bridgehead atoms. The minimum atomic E-state index is -0.123. The van der Waals surface area contributed by atoms with Crippen molar-refractivity contribution in [2.75, 3.05) is 32.9 Å². The average Bonchev–Trinajstić information content (AvgIpc) is 2.78. The van der Waals surface area contributed by atoms with Crippen LogP contribution in [0.1, 0.15) is 23.3 Å². The van der Waals surface area contributed by atoms with Crippen LogP contribution in [-0.2, 0) is 0 Å². The van der Waals surface area contributed by atoms with E-state index >= 15 is 0 Å². The highest BCUT2D eigenvalue weighted by Gasteiger charge is 2.31. The molecule has 1 unspecified atom stereocenters. The molecular formula is C13H19ClN4O. The number of aromatic nitrogens is 1. The van der Waals surface area contributed by atoms with Gasteiger partial charge in [-0.2, -0.15) is 0 Å². The van der Waals surface area contributed by atoms with E-state index < -0.39 is 0 Å². The second kappa shape index (κ2) is 5.75. The van der Waals surface area contributed by atoms with Crippen LogP contribution in [0.4, 0.5) is 5.82 Å². The van der Waals surface area contributed by atoms with Gasteiger partial charge in [0.15, 0.2) is 0 Å². The summed E-state index contributed by atoms with van der Waals surface area (Å²) in [5.41, 5.74) is 5.89. The predicted molar refractivity (Wildman–Crippen MR) is 76.3 cm³/mol. The third kappa shape index (κ3) is 3.16. The molecule has 104 valence electrons.